The molecule has 0 aliphatic carbocycles. The maximum atomic E-state index is 5.73. The summed E-state index contributed by atoms with van der Waals surface area (Å²) >= 11 is 8.52. The van der Waals surface area contributed by atoms with Gasteiger partial charge in [-0.3, -0.25) is 4.68 Å². The first-order valence-corrected chi connectivity index (χ1v) is 6.58. The van der Waals surface area contributed by atoms with Gasteiger partial charge in [0.1, 0.15) is 4.99 Å². The number of benzene rings is 1. The average molecular weight is 325 g/mol. The molecule has 0 radical (unpaired) electrons. The molecule has 0 fully saturated rings. The molecule has 0 unspecified atom stereocenters. The summed E-state index contributed by atoms with van der Waals surface area (Å²) in [4.78, 5) is 0.371. The zero-order valence-electron chi connectivity index (χ0n) is 9.85. The number of aryl methyl sites for hydroxylation is 1. The number of anilines is 1. The lowest BCUT2D eigenvalue weighted by Crippen LogP contribution is -2.14. The monoisotopic (exact) mass is 324 g/mol. The molecule has 3 N–H and O–H groups in total. The molecule has 18 heavy (non-hydrogen) atoms. The fourth-order valence-corrected chi connectivity index (χ4v) is 2.61. The van der Waals surface area contributed by atoms with Crippen molar-refractivity contribution in [2.24, 2.45) is 12.8 Å². The van der Waals surface area contributed by atoms with Crippen molar-refractivity contribution in [1.29, 1.82) is 0 Å². The normalized spacial score (nSPS) is 10.3. The van der Waals surface area contributed by atoms with Gasteiger partial charge in [-0.2, -0.15) is 5.10 Å². The van der Waals surface area contributed by atoms with E-state index in [2.05, 4.69) is 26.3 Å². The molecule has 0 amide bonds. The van der Waals surface area contributed by atoms with E-state index >= 15 is 0 Å². The van der Waals surface area contributed by atoms with Gasteiger partial charge in [0.15, 0.2) is 0 Å². The van der Waals surface area contributed by atoms with Crippen molar-refractivity contribution in [3.63, 3.8) is 0 Å². The Morgan fingerprint density at radius 2 is 2.33 bits per heavy atom. The topological polar surface area (TPSA) is 55.9 Å². The van der Waals surface area contributed by atoms with E-state index in [1.54, 1.807) is 4.68 Å². The molecule has 0 aliphatic heterocycles. The number of nitrogens with one attached hydrogen (secondary N) is 1. The Labute approximate surface area is 119 Å². The molecule has 2 rings (SSSR count). The zero-order chi connectivity index (χ0) is 13.1. The van der Waals surface area contributed by atoms with Gasteiger partial charge in [0.25, 0.3) is 0 Å². The second-order valence-electron chi connectivity index (χ2n) is 3.90. The summed E-state index contributed by atoms with van der Waals surface area (Å²) in [6.07, 6.45) is 3.79. The third kappa shape index (κ3) is 2.88. The molecule has 2 aromatic rings. The molecule has 0 saturated carbocycles. The third-order valence-corrected chi connectivity index (χ3v) is 3.37. The SMILES string of the molecule is Cn1cc(CNc2cccc(Br)c2C(N)=S)cn1. The highest BCUT2D eigenvalue weighted by molar-refractivity contribution is 9.10. The molecule has 6 heteroatoms. The first kappa shape index (κ1) is 13.0. The molecule has 0 bridgehead atoms. The Morgan fingerprint density at radius 1 is 1.56 bits per heavy atom. The Balaban J connectivity index is 2.19. The van der Waals surface area contributed by atoms with Gasteiger partial charge < -0.3 is 11.1 Å². The minimum atomic E-state index is 0.371. The van der Waals surface area contributed by atoms with E-state index in [0.717, 1.165) is 21.3 Å². The van der Waals surface area contributed by atoms with Crippen molar-refractivity contribution in [3.8, 4) is 0 Å². The van der Waals surface area contributed by atoms with Gasteiger partial charge in [0.05, 0.1) is 6.20 Å². The fourth-order valence-electron chi connectivity index (χ4n) is 1.68. The van der Waals surface area contributed by atoms with Crippen LogP contribution in [0, 0.1) is 0 Å². The van der Waals surface area contributed by atoms with Crippen LogP contribution < -0.4 is 11.1 Å². The molecule has 4 nitrogen and oxygen atoms in total. The summed E-state index contributed by atoms with van der Waals surface area (Å²) in [5, 5.41) is 7.44. The number of nitrogens with two attached hydrogens (primary N) is 1. The van der Waals surface area contributed by atoms with E-state index in [1.165, 1.54) is 0 Å². The van der Waals surface area contributed by atoms with Crippen LogP contribution in [0.3, 0.4) is 0 Å². The minimum absolute atomic E-state index is 0.371. The lowest BCUT2D eigenvalue weighted by molar-refractivity contribution is 0.767. The highest BCUT2D eigenvalue weighted by Gasteiger charge is 2.09. The van der Waals surface area contributed by atoms with Gasteiger partial charge >= 0.3 is 0 Å². The van der Waals surface area contributed by atoms with Crippen LogP contribution in [0.1, 0.15) is 11.1 Å². The summed E-state index contributed by atoms with van der Waals surface area (Å²) < 4.78 is 2.66. The molecule has 0 spiro atoms. The van der Waals surface area contributed by atoms with E-state index in [-0.39, 0.29) is 0 Å². The first-order valence-electron chi connectivity index (χ1n) is 5.37. The Morgan fingerprint density at radius 3 is 2.94 bits per heavy atom. The van der Waals surface area contributed by atoms with Gasteiger partial charge in [0.2, 0.25) is 0 Å². The maximum Gasteiger partial charge on any atom is 0.107 e. The van der Waals surface area contributed by atoms with Crippen LogP contribution in [0.4, 0.5) is 5.69 Å². The maximum absolute atomic E-state index is 5.73. The molecule has 1 aromatic heterocycles. The van der Waals surface area contributed by atoms with Crippen molar-refractivity contribution in [1.82, 2.24) is 9.78 Å². The number of hydrogen-bond acceptors (Lipinski definition) is 3. The van der Waals surface area contributed by atoms with Gasteiger partial charge in [0, 0.05) is 41.1 Å². The molecule has 1 aromatic carbocycles. The van der Waals surface area contributed by atoms with Gasteiger partial charge in [-0.05, 0) is 28.1 Å². The van der Waals surface area contributed by atoms with E-state index < -0.39 is 0 Å². The molecule has 0 atom stereocenters. The summed E-state index contributed by atoms with van der Waals surface area (Å²) in [5.74, 6) is 0. The number of thiocarbonyl (C=S) groups is 1. The van der Waals surface area contributed by atoms with E-state index in [4.69, 9.17) is 18.0 Å². The van der Waals surface area contributed by atoms with Crippen LogP contribution in [-0.4, -0.2) is 14.8 Å². The molecule has 1 heterocycles. The van der Waals surface area contributed by atoms with Gasteiger partial charge in [-0.1, -0.05) is 18.3 Å². The third-order valence-electron chi connectivity index (χ3n) is 2.50. The van der Waals surface area contributed by atoms with Gasteiger partial charge in [-0.25, -0.2) is 0 Å². The summed E-state index contributed by atoms with van der Waals surface area (Å²) in [6, 6.07) is 5.82. The number of halogens is 1. The number of nitrogens with zero attached hydrogens (tertiary/aromatic N) is 2. The quantitative estimate of drug-likeness (QED) is 0.848. The van der Waals surface area contributed by atoms with Crippen LogP contribution >= 0.6 is 28.1 Å². The number of hydrogen-bond donors (Lipinski definition) is 2. The first-order chi connectivity index (χ1) is 8.58. The van der Waals surface area contributed by atoms with Crippen LogP contribution in [0.25, 0.3) is 0 Å². The lowest BCUT2D eigenvalue weighted by atomic mass is 10.1. The standard InChI is InChI=1S/C12H13BrN4S/c1-17-7-8(6-16-17)5-15-10-4-2-3-9(13)11(10)12(14)18/h2-4,6-7,15H,5H2,1H3,(H2,14,18). The number of rotatable bonds is 4. The molecule has 0 saturated heterocycles. The van der Waals surface area contributed by atoms with E-state index in [9.17, 15) is 0 Å². The molecule has 94 valence electrons. The van der Waals surface area contributed by atoms with Crippen LogP contribution in [0.5, 0.6) is 0 Å². The average Bonchev–Trinajstić information content (AvgIpc) is 2.72. The predicted octanol–water partition coefficient (Wildman–Crippen LogP) is 2.43. The van der Waals surface area contributed by atoms with Crippen molar-refractivity contribution in [3.05, 3.63) is 46.2 Å². The smallest absolute Gasteiger partial charge is 0.107 e. The van der Waals surface area contributed by atoms with Crippen LogP contribution in [0.15, 0.2) is 35.1 Å². The summed E-state index contributed by atoms with van der Waals surface area (Å²) in [5.41, 5.74) is 8.58. The fraction of sp³-hybridized carbons (Fsp3) is 0.167. The Hall–Kier alpha value is -1.40. The molecular weight excluding hydrogens is 312 g/mol. The Bertz CT molecular complexity index is 579. The van der Waals surface area contributed by atoms with Crippen molar-refractivity contribution >= 4 is 38.8 Å². The second-order valence-corrected chi connectivity index (χ2v) is 5.20. The van der Waals surface area contributed by atoms with Crippen molar-refractivity contribution in [2.75, 3.05) is 5.32 Å². The number of aromatic nitrogens is 2. The minimum Gasteiger partial charge on any atom is -0.389 e. The Kier molecular flexibility index (Phi) is 3.98. The molecule has 0 aliphatic rings. The largest absolute Gasteiger partial charge is 0.389 e. The van der Waals surface area contributed by atoms with Crippen molar-refractivity contribution < 1.29 is 0 Å². The molecular formula is C12H13BrN4S. The second kappa shape index (κ2) is 5.49. The van der Waals surface area contributed by atoms with E-state index in [1.807, 2.05) is 37.6 Å². The highest BCUT2D eigenvalue weighted by atomic mass is 79.9. The zero-order valence-corrected chi connectivity index (χ0v) is 12.3. The van der Waals surface area contributed by atoms with Crippen LogP contribution in [-0.2, 0) is 13.6 Å². The lowest BCUT2D eigenvalue weighted by Gasteiger charge is -2.11. The summed E-state index contributed by atoms with van der Waals surface area (Å²) in [6.45, 7) is 0.680. The predicted molar refractivity (Wildman–Crippen MR) is 80.6 cm³/mol. The van der Waals surface area contributed by atoms with Crippen LogP contribution in [0.2, 0.25) is 0 Å². The van der Waals surface area contributed by atoms with E-state index in [0.29, 0.717) is 11.5 Å². The summed E-state index contributed by atoms with van der Waals surface area (Å²) in [7, 11) is 1.89. The van der Waals surface area contributed by atoms with Gasteiger partial charge in [-0.15, -0.1) is 0 Å². The van der Waals surface area contributed by atoms with Crippen molar-refractivity contribution in [2.45, 2.75) is 6.54 Å². The highest BCUT2D eigenvalue weighted by Crippen LogP contribution is 2.25.